The summed E-state index contributed by atoms with van der Waals surface area (Å²) in [4.78, 5) is 14.7. The molecule has 2 rings (SSSR count). The van der Waals surface area contributed by atoms with Gasteiger partial charge < -0.3 is 15.2 Å². The molecule has 1 amide bonds. The van der Waals surface area contributed by atoms with Crippen LogP contribution in [0.3, 0.4) is 0 Å². The number of carbonyl (C=O) groups is 1. The first-order valence-electron chi connectivity index (χ1n) is 8.11. The van der Waals surface area contributed by atoms with Gasteiger partial charge in [-0.25, -0.2) is 0 Å². The first-order chi connectivity index (χ1) is 10.7. The van der Waals surface area contributed by atoms with Crippen LogP contribution in [0.25, 0.3) is 0 Å². The minimum atomic E-state index is -0.107. The molecule has 1 heterocycles. The quantitative estimate of drug-likeness (QED) is 0.812. The van der Waals surface area contributed by atoms with Gasteiger partial charge in [0.15, 0.2) is 0 Å². The number of rotatable bonds is 7. The first kappa shape index (κ1) is 16.8. The van der Waals surface area contributed by atoms with E-state index in [1.165, 1.54) is 0 Å². The summed E-state index contributed by atoms with van der Waals surface area (Å²) in [6.07, 6.45) is 3.04. The lowest BCUT2D eigenvalue weighted by molar-refractivity contribution is -0.120. The van der Waals surface area contributed by atoms with E-state index in [1.807, 2.05) is 13.0 Å². The van der Waals surface area contributed by atoms with Crippen molar-refractivity contribution >= 4 is 11.6 Å². The second kappa shape index (κ2) is 8.15. The van der Waals surface area contributed by atoms with Gasteiger partial charge >= 0.3 is 0 Å². The molecule has 1 aromatic carbocycles. The van der Waals surface area contributed by atoms with Crippen molar-refractivity contribution in [2.75, 3.05) is 25.0 Å². The second-order valence-corrected chi connectivity index (χ2v) is 5.60. The van der Waals surface area contributed by atoms with Crippen molar-refractivity contribution in [2.45, 2.75) is 45.8 Å². The van der Waals surface area contributed by atoms with Gasteiger partial charge in [-0.1, -0.05) is 6.92 Å². The van der Waals surface area contributed by atoms with Crippen LogP contribution in [-0.2, 0) is 11.4 Å². The Kier molecular flexibility index (Phi) is 6.21. The summed E-state index contributed by atoms with van der Waals surface area (Å²) in [6, 6.07) is 5.36. The van der Waals surface area contributed by atoms with Crippen LogP contribution in [0, 0.1) is 0 Å². The van der Waals surface area contributed by atoms with Crippen molar-refractivity contribution in [2.24, 2.45) is 0 Å². The molecule has 1 fully saturated rings. The van der Waals surface area contributed by atoms with Crippen molar-refractivity contribution < 1.29 is 14.6 Å². The van der Waals surface area contributed by atoms with Gasteiger partial charge in [0.05, 0.1) is 19.3 Å². The fraction of sp³-hybridized carbons (Fsp3) is 0.588. The summed E-state index contributed by atoms with van der Waals surface area (Å²) < 4.78 is 5.46. The maximum absolute atomic E-state index is 12.5. The molecule has 1 aliphatic heterocycles. The number of hydrogen-bond acceptors (Lipinski definition) is 4. The highest BCUT2D eigenvalue weighted by atomic mass is 16.5. The number of amides is 1. The molecule has 1 atom stereocenters. The predicted molar refractivity (Wildman–Crippen MR) is 87.0 cm³/mol. The summed E-state index contributed by atoms with van der Waals surface area (Å²) in [7, 11) is 0. The first-order valence-corrected chi connectivity index (χ1v) is 8.11. The normalized spacial score (nSPS) is 18.4. The van der Waals surface area contributed by atoms with Crippen molar-refractivity contribution in [3.05, 3.63) is 23.8 Å². The Labute approximate surface area is 132 Å². The number of anilines is 1. The molecule has 5 nitrogen and oxygen atoms in total. The minimum Gasteiger partial charge on any atom is -0.494 e. The molecular formula is C17H26N2O3. The smallest absolute Gasteiger partial charge is 0.241 e. The number of likely N-dealkylation sites (tertiary alicyclic amines) is 1. The number of hydrogen-bond donors (Lipinski definition) is 2. The molecule has 0 spiro atoms. The number of carbonyl (C=O) groups excluding carboxylic acids is 1. The number of benzene rings is 1. The molecule has 1 unspecified atom stereocenters. The van der Waals surface area contributed by atoms with Crippen molar-refractivity contribution in [3.63, 3.8) is 0 Å². The maximum Gasteiger partial charge on any atom is 0.241 e. The monoisotopic (exact) mass is 306 g/mol. The van der Waals surface area contributed by atoms with E-state index in [0.29, 0.717) is 23.6 Å². The van der Waals surface area contributed by atoms with E-state index in [1.54, 1.807) is 12.1 Å². The number of aliphatic hydroxyl groups is 1. The Morgan fingerprint density at radius 3 is 2.95 bits per heavy atom. The molecule has 2 N–H and O–H groups in total. The molecule has 0 aliphatic carbocycles. The third-order valence-electron chi connectivity index (χ3n) is 3.98. The van der Waals surface area contributed by atoms with Gasteiger partial charge in [-0.05, 0) is 57.5 Å². The maximum atomic E-state index is 12.5. The van der Waals surface area contributed by atoms with Crippen LogP contribution >= 0.6 is 0 Å². The fourth-order valence-electron chi connectivity index (χ4n) is 2.98. The molecule has 1 aliphatic rings. The highest BCUT2D eigenvalue weighted by Crippen LogP contribution is 2.24. The lowest BCUT2D eigenvalue weighted by Gasteiger charge is -2.23. The summed E-state index contributed by atoms with van der Waals surface area (Å²) in [5.41, 5.74) is 1.40. The standard InChI is InChI=1S/C17H26N2O3/c1-3-9-19-10-5-6-15(19)17(21)18-14-7-8-16(22-4-2)13(11-14)12-20/h7-8,11,15,20H,3-6,9-10,12H2,1-2H3,(H,18,21). The third-order valence-corrected chi connectivity index (χ3v) is 3.98. The van der Waals surface area contributed by atoms with Gasteiger partial charge in [-0.3, -0.25) is 9.69 Å². The highest BCUT2D eigenvalue weighted by Gasteiger charge is 2.29. The van der Waals surface area contributed by atoms with Crippen LogP contribution in [0.5, 0.6) is 5.75 Å². The topological polar surface area (TPSA) is 61.8 Å². The fourth-order valence-corrected chi connectivity index (χ4v) is 2.98. The molecular weight excluding hydrogens is 280 g/mol. The molecule has 0 saturated carbocycles. The van der Waals surface area contributed by atoms with Gasteiger partial charge in [-0.2, -0.15) is 0 Å². The Bertz CT molecular complexity index is 505. The lowest BCUT2D eigenvalue weighted by Crippen LogP contribution is -2.39. The summed E-state index contributed by atoms with van der Waals surface area (Å²) >= 11 is 0. The van der Waals surface area contributed by atoms with Crippen molar-refractivity contribution in [1.29, 1.82) is 0 Å². The molecule has 22 heavy (non-hydrogen) atoms. The molecule has 0 radical (unpaired) electrons. The van der Waals surface area contributed by atoms with Crippen molar-refractivity contribution in [1.82, 2.24) is 4.90 Å². The molecule has 0 bridgehead atoms. The Morgan fingerprint density at radius 2 is 2.27 bits per heavy atom. The molecule has 0 aromatic heterocycles. The van der Waals surface area contributed by atoms with E-state index in [-0.39, 0.29) is 18.6 Å². The van der Waals surface area contributed by atoms with E-state index < -0.39 is 0 Å². The Hall–Kier alpha value is -1.59. The summed E-state index contributed by atoms with van der Waals surface area (Å²) in [6.45, 7) is 6.43. The molecule has 1 aromatic rings. The SMILES string of the molecule is CCCN1CCCC1C(=O)Nc1ccc(OCC)c(CO)c1. The second-order valence-electron chi connectivity index (χ2n) is 5.60. The number of nitrogens with one attached hydrogen (secondary N) is 1. The van der Waals surface area contributed by atoms with Gasteiger partial charge in [0.1, 0.15) is 5.75 Å². The predicted octanol–water partition coefficient (Wildman–Crippen LogP) is 2.39. The average Bonchev–Trinajstić information content (AvgIpc) is 2.98. The highest BCUT2D eigenvalue weighted by molar-refractivity contribution is 5.95. The van der Waals surface area contributed by atoms with Crippen molar-refractivity contribution in [3.8, 4) is 5.75 Å². The van der Waals surface area contributed by atoms with Crippen LogP contribution in [-0.4, -0.2) is 41.7 Å². The minimum absolute atomic E-state index is 0.0379. The van der Waals surface area contributed by atoms with E-state index in [0.717, 1.165) is 32.4 Å². The number of nitrogens with zero attached hydrogens (tertiary/aromatic N) is 1. The number of aliphatic hydroxyl groups excluding tert-OH is 1. The zero-order valence-corrected chi connectivity index (χ0v) is 13.5. The zero-order chi connectivity index (χ0) is 15.9. The lowest BCUT2D eigenvalue weighted by atomic mass is 10.1. The van der Waals surface area contributed by atoms with Gasteiger partial charge in [0.25, 0.3) is 0 Å². The summed E-state index contributed by atoms with van der Waals surface area (Å²) in [5.74, 6) is 0.704. The molecule has 1 saturated heterocycles. The third kappa shape index (κ3) is 3.99. The van der Waals surface area contributed by atoms with E-state index in [4.69, 9.17) is 4.74 Å². The Morgan fingerprint density at radius 1 is 1.45 bits per heavy atom. The van der Waals surface area contributed by atoms with E-state index in [9.17, 15) is 9.90 Å². The van der Waals surface area contributed by atoms with Gasteiger partial charge in [0.2, 0.25) is 5.91 Å². The average molecular weight is 306 g/mol. The number of ether oxygens (including phenoxy) is 1. The molecule has 5 heteroatoms. The van der Waals surface area contributed by atoms with Crippen LogP contribution in [0.4, 0.5) is 5.69 Å². The zero-order valence-electron chi connectivity index (χ0n) is 13.5. The largest absolute Gasteiger partial charge is 0.494 e. The Balaban J connectivity index is 2.05. The van der Waals surface area contributed by atoms with E-state index >= 15 is 0 Å². The van der Waals surface area contributed by atoms with E-state index in [2.05, 4.69) is 17.1 Å². The van der Waals surface area contributed by atoms with Gasteiger partial charge in [0, 0.05) is 11.3 Å². The van der Waals surface area contributed by atoms with Gasteiger partial charge in [-0.15, -0.1) is 0 Å². The van der Waals surface area contributed by atoms with Crippen LogP contribution in [0.1, 0.15) is 38.7 Å². The van der Waals surface area contributed by atoms with Crippen LogP contribution < -0.4 is 10.1 Å². The van der Waals surface area contributed by atoms with Crippen LogP contribution in [0.2, 0.25) is 0 Å². The van der Waals surface area contributed by atoms with Crippen LogP contribution in [0.15, 0.2) is 18.2 Å². The summed E-state index contributed by atoms with van der Waals surface area (Å²) in [5, 5.41) is 12.4. The molecule has 122 valence electrons.